The van der Waals surface area contributed by atoms with E-state index in [4.69, 9.17) is 0 Å². The Morgan fingerprint density at radius 3 is 2.96 bits per heavy atom. The van der Waals surface area contributed by atoms with E-state index in [9.17, 15) is 9.59 Å². The maximum Gasteiger partial charge on any atom is 0.276 e. The van der Waals surface area contributed by atoms with Crippen molar-refractivity contribution in [2.24, 2.45) is 10.9 Å². The summed E-state index contributed by atoms with van der Waals surface area (Å²) in [5.41, 5.74) is 2.35. The van der Waals surface area contributed by atoms with Crippen molar-refractivity contribution in [3.8, 4) is 0 Å². The van der Waals surface area contributed by atoms with Crippen LogP contribution in [0.1, 0.15) is 18.5 Å². The van der Waals surface area contributed by atoms with Crippen LogP contribution in [0.3, 0.4) is 0 Å². The lowest BCUT2D eigenvalue weighted by Crippen LogP contribution is -2.40. The zero-order chi connectivity index (χ0) is 15.8. The normalized spacial score (nSPS) is 18.9. The highest BCUT2D eigenvalue weighted by Crippen LogP contribution is 2.28. The van der Waals surface area contributed by atoms with Crippen LogP contribution in [0.25, 0.3) is 17.1 Å². The fraction of sp³-hybridized carbons (Fsp3) is 0.188. The van der Waals surface area contributed by atoms with Gasteiger partial charge in [0.25, 0.3) is 5.91 Å². The second-order valence-corrected chi connectivity index (χ2v) is 5.49. The molecule has 1 fully saturated rings. The second kappa shape index (κ2) is 5.28. The SMILES string of the molecule is O=C1NC(NC(=O)C2CC2)=N/C1=C/c1ccc2ncccc2n1. The summed E-state index contributed by atoms with van der Waals surface area (Å²) >= 11 is 0. The topological polar surface area (TPSA) is 96.3 Å². The molecule has 114 valence electrons. The second-order valence-electron chi connectivity index (χ2n) is 5.49. The van der Waals surface area contributed by atoms with Crippen LogP contribution in [0.5, 0.6) is 0 Å². The standard InChI is InChI=1S/C16H13N5O2/c22-14(9-3-4-9)20-16-19-13(15(23)21-16)8-10-5-6-11-12(18-10)2-1-7-17-11/h1-2,5-9H,3-4H2,(H2,19,20,21,22,23)/b13-8+. The van der Waals surface area contributed by atoms with E-state index < -0.39 is 0 Å². The van der Waals surface area contributed by atoms with E-state index in [1.807, 2.05) is 12.1 Å². The number of nitrogens with zero attached hydrogens (tertiary/aromatic N) is 3. The number of hydrogen-bond donors (Lipinski definition) is 2. The molecule has 1 aliphatic heterocycles. The minimum absolute atomic E-state index is 0.0530. The predicted octanol–water partition coefficient (Wildman–Crippen LogP) is 0.983. The first-order valence-electron chi connectivity index (χ1n) is 7.33. The van der Waals surface area contributed by atoms with E-state index in [1.165, 1.54) is 0 Å². The molecule has 0 atom stereocenters. The van der Waals surface area contributed by atoms with Crippen LogP contribution in [-0.2, 0) is 9.59 Å². The zero-order valence-corrected chi connectivity index (χ0v) is 12.1. The van der Waals surface area contributed by atoms with Gasteiger partial charge in [0, 0.05) is 12.1 Å². The number of fused-ring (bicyclic) bond motifs is 1. The summed E-state index contributed by atoms with van der Waals surface area (Å²) in [6.07, 6.45) is 5.07. The molecule has 7 heteroatoms. The van der Waals surface area contributed by atoms with Crippen molar-refractivity contribution >= 4 is 34.9 Å². The van der Waals surface area contributed by atoms with Gasteiger partial charge in [-0.2, -0.15) is 0 Å². The quantitative estimate of drug-likeness (QED) is 0.808. The third-order valence-electron chi connectivity index (χ3n) is 3.65. The van der Waals surface area contributed by atoms with Crippen LogP contribution in [0, 0.1) is 5.92 Å². The number of pyridine rings is 2. The van der Waals surface area contributed by atoms with E-state index in [1.54, 1.807) is 24.4 Å². The monoisotopic (exact) mass is 307 g/mol. The number of aromatic nitrogens is 2. The van der Waals surface area contributed by atoms with Gasteiger partial charge in [-0.3, -0.25) is 25.2 Å². The number of aliphatic imine (C=N–C) groups is 1. The molecule has 1 aliphatic carbocycles. The number of hydrogen-bond acceptors (Lipinski definition) is 5. The van der Waals surface area contributed by atoms with Crippen molar-refractivity contribution in [1.82, 2.24) is 20.6 Å². The van der Waals surface area contributed by atoms with E-state index in [0.717, 1.165) is 23.9 Å². The van der Waals surface area contributed by atoms with Gasteiger partial charge in [-0.05, 0) is 43.2 Å². The van der Waals surface area contributed by atoms with Gasteiger partial charge < -0.3 is 0 Å². The first-order chi connectivity index (χ1) is 11.2. The zero-order valence-electron chi connectivity index (χ0n) is 12.1. The summed E-state index contributed by atoms with van der Waals surface area (Å²) in [5.74, 6) is -0.220. The highest BCUT2D eigenvalue weighted by molar-refractivity contribution is 6.16. The Labute approximate surface area is 131 Å². The van der Waals surface area contributed by atoms with Gasteiger partial charge in [-0.1, -0.05) is 0 Å². The van der Waals surface area contributed by atoms with Gasteiger partial charge in [0.2, 0.25) is 11.9 Å². The van der Waals surface area contributed by atoms with Crippen molar-refractivity contribution in [3.63, 3.8) is 0 Å². The molecular weight excluding hydrogens is 294 g/mol. The molecule has 7 nitrogen and oxygen atoms in total. The molecule has 23 heavy (non-hydrogen) atoms. The maximum atomic E-state index is 11.9. The van der Waals surface area contributed by atoms with Crippen molar-refractivity contribution in [2.75, 3.05) is 0 Å². The Morgan fingerprint density at radius 2 is 2.13 bits per heavy atom. The van der Waals surface area contributed by atoms with Gasteiger partial charge in [-0.25, -0.2) is 9.98 Å². The highest BCUT2D eigenvalue weighted by atomic mass is 16.2. The summed E-state index contributed by atoms with van der Waals surface area (Å²) in [4.78, 5) is 36.4. The number of amides is 2. The van der Waals surface area contributed by atoms with E-state index >= 15 is 0 Å². The van der Waals surface area contributed by atoms with Crippen LogP contribution >= 0.6 is 0 Å². The van der Waals surface area contributed by atoms with Crippen LogP contribution in [0.15, 0.2) is 41.2 Å². The average Bonchev–Trinajstić information content (AvgIpc) is 3.34. The first-order valence-corrected chi connectivity index (χ1v) is 7.33. The predicted molar refractivity (Wildman–Crippen MR) is 84.0 cm³/mol. The lowest BCUT2D eigenvalue weighted by Gasteiger charge is -2.01. The molecule has 0 bridgehead atoms. The molecule has 0 aromatic carbocycles. The fourth-order valence-electron chi connectivity index (χ4n) is 2.29. The van der Waals surface area contributed by atoms with Crippen molar-refractivity contribution in [2.45, 2.75) is 12.8 Å². The summed E-state index contributed by atoms with van der Waals surface area (Å²) in [6, 6.07) is 7.26. The molecule has 2 amide bonds. The molecule has 2 aromatic heterocycles. The minimum atomic E-state index is -0.357. The summed E-state index contributed by atoms with van der Waals surface area (Å²) in [7, 11) is 0. The number of nitrogens with one attached hydrogen (secondary N) is 2. The first kappa shape index (κ1) is 13.6. The third-order valence-corrected chi connectivity index (χ3v) is 3.65. The number of carbonyl (C=O) groups excluding carboxylic acids is 2. The average molecular weight is 307 g/mol. The fourth-order valence-corrected chi connectivity index (χ4v) is 2.29. The van der Waals surface area contributed by atoms with Gasteiger partial charge in [-0.15, -0.1) is 0 Å². The van der Waals surface area contributed by atoms with E-state index in [-0.39, 0.29) is 29.4 Å². The molecule has 0 radical (unpaired) electrons. The maximum absolute atomic E-state index is 11.9. The molecule has 2 aliphatic rings. The molecule has 0 saturated heterocycles. The molecule has 0 spiro atoms. The van der Waals surface area contributed by atoms with Crippen LogP contribution in [-0.4, -0.2) is 27.7 Å². The lowest BCUT2D eigenvalue weighted by atomic mass is 10.2. The minimum Gasteiger partial charge on any atom is -0.296 e. The molecule has 1 saturated carbocycles. The van der Waals surface area contributed by atoms with Gasteiger partial charge in [0.15, 0.2) is 0 Å². The molecule has 0 unspecified atom stereocenters. The van der Waals surface area contributed by atoms with Crippen LogP contribution < -0.4 is 10.6 Å². The largest absolute Gasteiger partial charge is 0.296 e. The van der Waals surface area contributed by atoms with Crippen LogP contribution in [0.4, 0.5) is 0 Å². The van der Waals surface area contributed by atoms with Gasteiger partial charge in [0.1, 0.15) is 5.70 Å². The van der Waals surface area contributed by atoms with Gasteiger partial charge in [0.05, 0.1) is 16.7 Å². The van der Waals surface area contributed by atoms with E-state index in [0.29, 0.717) is 5.69 Å². The molecule has 2 N–H and O–H groups in total. The number of carbonyl (C=O) groups is 2. The Kier molecular flexibility index (Phi) is 3.11. The van der Waals surface area contributed by atoms with Crippen molar-refractivity contribution in [1.29, 1.82) is 0 Å². The Hall–Kier alpha value is -3.09. The Balaban J connectivity index is 1.59. The molecule has 3 heterocycles. The molecule has 4 rings (SSSR count). The smallest absolute Gasteiger partial charge is 0.276 e. The van der Waals surface area contributed by atoms with Crippen molar-refractivity contribution in [3.05, 3.63) is 41.9 Å². The summed E-state index contributed by atoms with van der Waals surface area (Å²) in [6.45, 7) is 0. The Morgan fingerprint density at radius 1 is 1.26 bits per heavy atom. The molecule has 2 aromatic rings. The van der Waals surface area contributed by atoms with E-state index in [2.05, 4.69) is 25.6 Å². The lowest BCUT2D eigenvalue weighted by molar-refractivity contribution is -0.120. The Bertz CT molecular complexity index is 883. The highest BCUT2D eigenvalue weighted by Gasteiger charge is 2.31. The van der Waals surface area contributed by atoms with Crippen LogP contribution in [0.2, 0.25) is 0 Å². The van der Waals surface area contributed by atoms with Crippen molar-refractivity contribution < 1.29 is 9.59 Å². The summed E-state index contributed by atoms with van der Waals surface area (Å²) in [5, 5.41) is 5.17. The third kappa shape index (κ3) is 2.80. The summed E-state index contributed by atoms with van der Waals surface area (Å²) < 4.78 is 0. The number of guanidine groups is 1. The molecular formula is C16H13N5O2. The van der Waals surface area contributed by atoms with Gasteiger partial charge >= 0.3 is 0 Å². The number of rotatable bonds is 2.